The highest BCUT2D eigenvalue weighted by Gasteiger charge is 2.48. The van der Waals surface area contributed by atoms with Gasteiger partial charge < -0.3 is 14.9 Å². The average Bonchev–Trinajstić information content (AvgIpc) is 2.85. The Bertz CT molecular complexity index is 794. The van der Waals surface area contributed by atoms with E-state index in [1.807, 2.05) is 6.92 Å². The number of ketones is 1. The zero-order valence-electron chi connectivity index (χ0n) is 14.3. The van der Waals surface area contributed by atoms with Crippen molar-refractivity contribution < 1.29 is 19.7 Å². The van der Waals surface area contributed by atoms with Gasteiger partial charge in [-0.3, -0.25) is 9.89 Å². The number of phenols is 1. The Balaban J connectivity index is 2.24. The lowest BCUT2D eigenvalue weighted by molar-refractivity contribution is -0.130. The molecule has 6 heteroatoms. The van der Waals surface area contributed by atoms with Crippen molar-refractivity contribution in [1.29, 1.82) is 0 Å². The largest absolute Gasteiger partial charge is 0.504 e. The number of carbonyl (C=O) groups is 1. The van der Waals surface area contributed by atoms with Crippen LogP contribution >= 0.6 is 0 Å². The summed E-state index contributed by atoms with van der Waals surface area (Å²) < 4.78 is 5.20. The summed E-state index contributed by atoms with van der Waals surface area (Å²) >= 11 is 0. The number of hydrogen-bond acceptors (Lipinski definition) is 5. The van der Waals surface area contributed by atoms with Gasteiger partial charge in [-0.25, -0.2) is 0 Å². The van der Waals surface area contributed by atoms with Crippen molar-refractivity contribution in [3.63, 3.8) is 0 Å². The lowest BCUT2D eigenvalue weighted by Gasteiger charge is -2.41. The average molecular weight is 330 g/mol. The minimum absolute atomic E-state index is 0.0346. The van der Waals surface area contributed by atoms with Crippen molar-refractivity contribution in [2.24, 2.45) is 5.92 Å². The molecule has 0 amide bonds. The van der Waals surface area contributed by atoms with E-state index in [0.717, 1.165) is 22.5 Å². The van der Waals surface area contributed by atoms with E-state index in [1.165, 1.54) is 14.0 Å². The summed E-state index contributed by atoms with van der Waals surface area (Å²) in [4.78, 5) is 12.4. The monoisotopic (exact) mass is 330 g/mol. The molecular formula is C18H22N2O4. The lowest BCUT2D eigenvalue weighted by Crippen LogP contribution is -2.48. The van der Waals surface area contributed by atoms with Gasteiger partial charge in [0, 0.05) is 23.6 Å². The summed E-state index contributed by atoms with van der Waals surface area (Å²) in [5.41, 5.74) is 2.19. The summed E-state index contributed by atoms with van der Waals surface area (Å²) in [5, 5.41) is 28.0. The van der Waals surface area contributed by atoms with Gasteiger partial charge in [0.05, 0.1) is 24.3 Å². The van der Waals surface area contributed by atoms with Crippen molar-refractivity contribution in [2.45, 2.75) is 38.7 Å². The normalized spacial score (nSPS) is 26.0. The molecule has 0 bridgehead atoms. The van der Waals surface area contributed by atoms with Crippen molar-refractivity contribution >= 4 is 5.78 Å². The third-order valence-electron chi connectivity index (χ3n) is 4.91. The van der Waals surface area contributed by atoms with Crippen molar-refractivity contribution in [2.75, 3.05) is 7.11 Å². The fourth-order valence-electron chi connectivity index (χ4n) is 3.93. The summed E-state index contributed by atoms with van der Waals surface area (Å²) in [6, 6.07) is 5.02. The number of nitrogens with one attached hydrogen (secondary N) is 1. The van der Waals surface area contributed by atoms with E-state index in [4.69, 9.17) is 4.74 Å². The van der Waals surface area contributed by atoms with E-state index in [0.29, 0.717) is 12.2 Å². The smallest absolute Gasteiger partial charge is 0.160 e. The number of Topliss-reactive ketones (excluding diaryl/α,β-unsaturated/α-hetero) is 1. The zero-order chi connectivity index (χ0) is 17.6. The van der Waals surface area contributed by atoms with Crippen LogP contribution in [0.2, 0.25) is 0 Å². The minimum atomic E-state index is -1.20. The van der Waals surface area contributed by atoms with Gasteiger partial charge in [-0.1, -0.05) is 6.07 Å². The maximum atomic E-state index is 12.4. The molecule has 1 aromatic carbocycles. The molecule has 1 aromatic heterocycles. The number of ether oxygens (including phenoxy) is 1. The van der Waals surface area contributed by atoms with Crippen LogP contribution in [0.1, 0.15) is 42.3 Å². The number of aromatic nitrogens is 2. The molecule has 128 valence electrons. The second kappa shape index (κ2) is 5.63. The van der Waals surface area contributed by atoms with Crippen LogP contribution in [0, 0.1) is 12.8 Å². The molecule has 0 saturated heterocycles. The summed E-state index contributed by atoms with van der Waals surface area (Å²) in [7, 11) is 1.48. The molecule has 3 N–H and O–H groups in total. The molecule has 1 aliphatic carbocycles. The number of rotatable bonds is 3. The van der Waals surface area contributed by atoms with E-state index in [-0.39, 0.29) is 17.5 Å². The minimum Gasteiger partial charge on any atom is -0.504 e. The third kappa shape index (κ3) is 2.47. The molecule has 3 rings (SSSR count). The van der Waals surface area contributed by atoms with Gasteiger partial charge in [0.2, 0.25) is 0 Å². The standard InChI is InChI=1S/C18H22N2O4/c1-9-15-12(20-19-9)8-18(3,23)17(10(2)21)16(15)11-5-6-13(22)14(7-11)24-4/h5-7,16-17,22-23H,8H2,1-4H3,(H,19,20)/t16-,17-,18-/m1/s1. The predicted octanol–water partition coefficient (Wildman–Crippen LogP) is 2.08. The Morgan fingerprint density at radius 3 is 2.79 bits per heavy atom. The number of benzene rings is 1. The molecule has 1 heterocycles. The number of aliphatic hydroxyl groups is 1. The molecule has 6 nitrogen and oxygen atoms in total. The molecule has 2 aromatic rings. The van der Waals surface area contributed by atoms with Crippen LogP contribution in [-0.2, 0) is 11.2 Å². The van der Waals surface area contributed by atoms with E-state index >= 15 is 0 Å². The first-order chi connectivity index (χ1) is 11.3. The highest BCUT2D eigenvalue weighted by Crippen LogP contribution is 2.47. The highest BCUT2D eigenvalue weighted by molar-refractivity contribution is 5.82. The van der Waals surface area contributed by atoms with Crippen LogP contribution in [-0.4, -0.2) is 38.9 Å². The molecule has 3 atom stereocenters. The third-order valence-corrected chi connectivity index (χ3v) is 4.91. The van der Waals surface area contributed by atoms with Gasteiger partial charge in [-0.2, -0.15) is 5.10 Å². The second-order valence-electron chi connectivity index (χ2n) is 6.74. The molecule has 0 radical (unpaired) electrons. The molecule has 0 saturated carbocycles. The van der Waals surface area contributed by atoms with Crippen LogP contribution < -0.4 is 4.74 Å². The number of methoxy groups -OCH3 is 1. The summed E-state index contributed by atoms with van der Waals surface area (Å²) in [6.45, 7) is 5.09. The number of phenolic OH excluding ortho intramolecular Hbond substituents is 1. The van der Waals surface area contributed by atoms with E-state index in [2.05, 4.69) is 10.2 Å². The molecule has 0 aliphatic heterocycles. The predicted molar refractivity (Wildman–Crippen MR) is 88.3 cm³/mol. The molecule has 0 fully saturated rings. The maximum Gasteiger partial charge on any atom is 0.160 e. The van der Waals surface area contributed by atoms with E-state index < -0.39 is 11.5 Å². The molecular weight excluding hydrogens is 308 g/mol. The topological polar surface area (TPSA) is 95.4 Å². The lowest BCUT2D eigenvalue weighted by atomic mass is 9.64. The quantitative estimate of drug-likeness (QED) is 0.801. The van der Waals surface area contributed by atoms with Gasteiger partial charge in [-0.15, -0.1) is 0 Å². The molecule has 24 heavy (non-hydrogen) atoms. The van der Waals surface area contributed by atoms with Crippen LogP contribution in [0.3, 0.4) is 0 Å². The first kappa shape index (κ1) is 16.5. The Morgan fingerprint density at radius 1 is 1.46 bits per heavy atom. The van der Waals surface area contributed by atoms with Crippen LogP contribution in [0.5, 0.6) is 11.5 Å². The SMILES string of the molecule is COc1cc([C@@H]2c3c(n[nH]c3C)C[C@@](C)(O)[C@@H]2C(C)=O)ccc1O. The first-order valence-corrected chi connectivity index (χ1v) is 7.89. The Labute approximate surface area is 140 Å². The van der Waals surface area contributed by atoms with E-state index in [9.17, 15) is 15.0 Å². The molecule has 0 spiro atoms. The van der Waals surface area contributed by atoms with Crippen LogP contribution in [0.4, 0.5) is 0 Å². The maximum absolute atomic E-state index is 12.4. The second-order valence-corrected chi connectivity index (χ2v) is 6.74. The number of fused-ring (bicyclic) bond motifs is 1. The Morgan fingerprint density at radius 2 is 2.17 bits per heavy atom. The molecule has 1 aliphatic rings. The number of carbonyl (C=O) groups excluding carboxylic acids is 1. The van der Waals surface area contributed by atoms with Gasteiger partial charge in [-0.05, 0) is 38.5 Å². The Hall–Kier alpha value is -2.34. The van der Waals surface area contributed by atoms with Crippen molar-refractivity contribution in [3.05, 3.63) is 40.7 Å². The number of aromatic amines is 1. The highest BCUT2D eigenvalue weighted by atomic mass is 16.5. The van der Waals surface area contributed by atoms with Gasteiger partial charge in [0.15, 0.2) is 11.5 Å². The zero-order valence-corrected chi connectivity index (χ0v) is 14.3. The Kier molecular flexibility index (Phi) is 3.87. The number of hydrogen-bond donors (Lipinski definition) is 3. The van der Waals surface area contributed by atoms with Crippen LogP contribution in [0.15, 0.2) is 18.2 Å². The number of aromatic hydroxyl groups is 1. The number of aryl methyl sites for hydroxylation is 1. The van der Waals surface area contributed by atoms with Crippen LogP contribution in [0.25, 0.3) is 0 Å². The van der Waals surface area contributed by atoms with Crippen molar-refractivity contribution in [3.8, 4) is 11.5 Å². The number of H-pyrrole nitrogens is 1. The van der Waals surface area contributed by atoms with Crippen molar-refractivity contribution in [1.82, 2.24) is 10.2 Å². The summed E-state index contributed by atoms with van der Waals surface area (Å²) in [6.07, 6.45) is 0.322. The van der Waals surface area contributed by atoms with Gasteiger partial charge in [0.1, 0.15) is 5.78 Å². The fraction of sp³-hybridized carbons (Fsp3) is 0.444. The first-order valence-electron chi connectivity index (χ1n) is 7.89. The fourth-order valence-corrected chi connectivity index (χ4v) is 3.93. The molecule has 0 unspecified atom stereocenters. The number of nitrogens with zero attached hydrogens (tertiary/aromatic N) is 1. The van der Waals surface area contributed by atoms with Gasteiger partial charge in [0.25, 0.3) is 0 Å². The van der Waals surface area contributed by atoms with E-state index in [1.54, 1.807) is 25.1 Å². The summed E-state index contributed by atoms with van der Waals surface area (Å²) in [5.74, 6) is -0.664. The van der Waals surface area contributed by atoms with Gasteiger partial charge >= 0.3 is 0 Å².